The zero-order chi connectivity index (χ0) is 14.5. The van der Waals surface area contributed by atoms with Gasteiger partial charge in [0.05, 0.1) is 27.9 Å². The molecule has 20 heavy (non-hydrogen) atoms. The maximum Gasteiger partial charge on any atom is 0.203 e. The lowest BCUT2D eigenvalue weighted by atomic mass is 10.2. The number of nitrogens with one attached hydrogen (secondary N) is 1. The third kappa shape index (κ3) is 2.99. The van der Waals surface area contributed by atoms with Gasteiger partial charge in [0, 0.05) is 17.8 Å². The number of furan rings is 1. The Morgan fingerprint density at radius 3 is 2.10 bits per heavy atom. The minimum atomic E-state index is 0.578. The molecule has 0 saturated carbocycles. The van der Waals surface area contributed by atoms with E-state index < -0.39 is 0 Å². The van der Waals surface area contributed by atoms with E-state index in [1.54, 1.807) is 21.3 Å². The lowest BCUT2D eigenvalue weighted by Crippen LogP contribution is -2.01. The molecule has 5 heteroatoms. The molecule has 0 saturated heterocycles. The average molecular weight is 277 g/mol. The van der Waals surface area contributed by atoms with Gasteiger partial charge in [-0.05, 0) is 19.1 Å². The summed E-state index contributed by atoms with van der Waals surface area (Å²) in [5.41, 5.74) is 0.869. The molecule has 0 fully saturated rings. The lowest BCUT2D eigenvalue weighted by Gasteiger charge is -2.14. The highest BCUT2D eigenvalue weighted by atomic mass is 16.5. The maximum absolute atomic E-state index is 5.51. The van der Waals surface area contributed by atoms with E-state index in [0.29, 0.717) is 23.8 Å². The van der Waals surface area contributed by atoms with Crippen LogP contribution in [0.25, 0.3) is 0 Å². The van der Waals surface area contributed by atoms with E-state index in [-0.39, 0.29) is 0 Å². The van der Waals surface area contributed by atoms with Gasteiger partial charge in [0.15, 0.2) is 11.5 Å². The van der Waals surface area contributed by atoms with Crippen LogP contribution in [0.3, 0.4) is 0 Å². The predicted molar refractivity (Wildman–Crippen MR) is 76.9 cm³/mol. The quantitative estimate of drug-likeness (QED) is 0.878. The van der Waals surface area contributed by atoms with Gasteiger partial charge in [0.25, 0.3) is 0 Å². The summed E-state index contributed by atoms with van der Waals surface area (Å²) < 4.78 is 21.4. The van der Waals surface area contributed by atoms with E-state index in [9.17, 15) is 0 Å². The van der Waals surface area contributed by atoms with Crippen LogP contribution >= 0.6 is 0 Å². The van der Waals surface area contributed by atoms with Gasteiger partial charge in [-0.15, -0.1) is 0 Å². The Balaban J connectivity index is 2.19. The highest BCUT2D eigenvalue weighted by Crippen LogP contribution is 2.39. The van der Waals surface area contributed by atoms with Crippen molar-refractivity contribution in [2.45, 2.75) is 13.5 Å². The molecule has 2 aromatic rings. The fraction of sp³-hybridized carbons (Fsp3) is 0.333. The molecule has 2 rings (SSSR count). The van der Waals surface area contributed by atoms with Crippen LogP contribution in [0.5, 0.6) is 17.2 Å². The zero-order valence-corrected chi connectivity index (χ0v) is 12.1. The van der Waals surface area contributed by atoms with E-state index in [4.69, 9.17) is 18.6 Å². The molecule has 0 unspecified atom stereocenters. The summed E-state index contributed by atoms with van der Waals surface area (Å²) in [6.07, 6.45) is 0. The number of hydrogen-bond donors (Lipinski definition) is 1. The molecule has 0 amide bonds. The summed E-state index contributed by atoms with van der Waals surface area (Å²) in [5, 5.41) is 3.27. The third-order valence-corrected chi connectivity index (χ3v) is 2.93. The zero-order valence-electron chi connectivity index (χ0n) is 12.1. The number of methoxy groups -OCH3 is 3. The molecule has 1 aromatic carbocycles. The van der Waals surface area contributed by atoms with Crippen molar-refractivity contribution in [3.8, 4) is 17.2 Å². The SMILES string of the molecule is COc1cc(NCc2ccc(C)o2)cc(OC)c1OC. The van der Waals surface area contributed by atoms with Gasteiger partial charge in [-0.3, -0.25) is 0 Å². The fourth-order valence-corrected chi connectivity index (χ4v) is 1.95. The van der Waals surface area contributed by atoms with Gasteiger partial charge in [-0.25, -0.2) is 0 Å². The Kier molecular flexibility index (Phi) is 4.40. The molecule has 0 aliphatic heterocycles. The highest BCUT2D eigenvalue weighted by Gasteiger charge is 2.13. The molecule has 5 nitrogen and oxygen atoms in total. The van der Waals surface area contributed by atoms with E-state index in [1.165, 1.54) is 0 Å². The largest absolute Gasteiger partial charge is 0.493 e. The molecule has 0 atom stereocenters. The van der Waals surface area contributed by atoms with Crippen molar-refractivity contribution in [3.05, 3.63) is 35.8 Å². The maximum atomic E-state index is 5.51. The molecule has 0 spiro atoms. The summed E-state index contributed by atoms with van der Waals surface area (Å²) in [6.45, 7) is 2.51. The number of rotatable bonds is 6. The second kappa shape index (κ2) is 6.23. The van der Waals surface area contributed by atoms with E-state index in [0.717, 1.165) is 17.2 Å². The van der Waals surface area contributed by atoms with Crippen molar-refractivity contribution in [3.63, 3.8) is 0 Å². The lowest BCUT2D eigenvalue weighted by molar-refractivity contribution is 0.324. The topological polar surface area (TPSA) is 52.9 Å². The number of benzene rings is 1. The molecular weight excluding hydrogens is 258 g/mol. The number of aryl methyl sites for hydroxylation is 1. The molecule has 1 aromatic heterocycles. The monoisotopic (exact) mass is 277 g/mol. The third-order valence-electron chi connectivity index (χ3n) is 2.93. The van der Waals surface area contributed by atoms with Crippen LogP contribution in [0.1, 0.15) is 11.5 Å². The Bertz CT molecular complexity index is 552. The Morgan fingerprint density at radius 1 is 1.00 bits per heavy atom. The van der Waals surface area contributed by atoms with Crippen molar-refractivity contribution >= 4 is 5.69 Å². The van der Waals surface area contributed by atoms with E-state index in [2.05, 4.69) is 5.32 Å². The van der Waals surface area contributed by atoms with E-state index in [1.807, 2.05) is 31.2 Å². The first-order valence-corrected chi connectivity index (χ1v) is 6.27. The molecule has 108 valence electrons. The van der Waals surface area contributed by atoms with Crippen LogP contribution < -0.4 is 19.5 Å². The van der Waals surface area contributed by atoms with Crippen LogP contribution in [0.2, 0.25) is 0 Å². The van der Waals surface area contributed by atoms with Gasteiger partial charge in [-0.2, -0.15) is 0 Å². The fourth-order valence-electron chi connectivity index (χ4n) is 1.95. The molecule has 0 radical (unpaired) electrons. The second-order valence-electron chi connectivity index (χ2n) is 4.28. The van der Waals surface area contributed by atoms with Gasteiger partial charge in [0.2, 0.25) is 5.75 Å². The summed E-state index contributed by atoms with van der Waals surface area (Å²) in [5.74, 6) is 3.58. The van der Waals surface area contributed by atoms with Gasteiger partial charge >= 0.3 is 0 Å². The van der Waals surface area contributed by atoms with Crippen molar-refractivity contribution in [1.82, 2.24) is 0 Å². The summed E-state index contributed by atoms with van der Waals surface area (Å²) in [7, 11) is 4.77. The number of anilines is 1. The van der Waals surface area contributed by atoms with E-state index >= 15 is 0 Å². The van der Waals surface area contributed by atoms with Crippen molar-refractivity contribution < 1.29 is 18.6 Å². The first-order chi connectivity index (χ1) is 9.67. The minimum absolute atomic E-state index is 0.578. The van der Waals surface area contributed by atoms with Crippen molar-refractivity contribution in [2.75, 3.05) is 26.6 Å². The molecule has 0 aliphatic carbocycles. The molecule has 1 N–H and O–H groups in total. The van der Waals surface area contributed by atoms with Crippen LogP contribution in [-0.4, -0.2) is 21.3 Å². The molecule has 1 heterocycles. The summed E-state index contributed by atoms with van der Waals surface area (Å²) >= 11 is 0. The Hall–Kier alpha value is -2.30. The van der Waals surface area contributed by atoms with Gasteiger partial charge < -0.3 is 23.9 Å². The van der Waals surface area contributed by atoms with Crippen LogP contribution in [-0.2, 0) is 6.54 Å². The minimum Gasteiger partial charge on any atom is -0.493 e. The number of ether oxygens (including phenoxy) is 3. The normalized spacial score (nSPS) is 10.2. The molecule has 0 bridgehead atoms. The summed E-state index contributed by atoms with van der Waals surface area (Å²) in [4.78, 5) is 0. The molecular formula is C15H19NO4. The van der Waals surface area contributed by atoms with Crippen LogP contribution in [0.15, 0.2) is 28.7 Å². The van der Waals surface area contributed by atoms with Crippen LogP contribution in [0, 0.1) is 6.92 Å². The number of hydrogen-bond acceptors (Lipinski definition) is 5. The predicted octanol–water partition coefficient (Wildman–Crippen LogP) is 3.23. The van der Waals surface area contributed by atoms with Gasteiger partial charge in [-0.1, -0.05) is 0 Å². The molecule has 0 aliphatic rings. The first kappa shape index (κ1) is 14.1. The summed E-state index contributed by atoms with van der Waals surface area (Å²) in [6, 6.07) is 7.60. The van der Waals surface area contributed by atoms with Gasteiger partial charge in [0.1, 0.15) is 11.5 Å². The van der Waals surface area contributed by atoms with Crippen molar-refractivity contribution in [2.24, 2.45) is 0 Å². The highest BCUT2D eigenvalue weighted by molar-refractivity contribution is 5.62. The van der Waals surface area contributed by atoms with Crippen LogP contribution in [0.4, 0.5) is 5.69 Å². The van der Waals surface area contributed by atoms with Crippen molar-refractivity contribution in [1.29, 1.82) is 0 Å². The average Bonchev–Trinajstić information content (AvgIpc) is 2.89. The second-order valence-corrected chi connectivity index (χ2v) is 4.28. The Morgan fingerprint density at radius 2 is 1.65 bits per heavy atom. The standard InChI is InChI=1S/C15H19NO4/c1-10-5-6-12(20-10)9-16-11-7-13(17-2)15(19-4)14(8-11)18-3/h5-8,16H,9H2,1-4H3. The first-order valence-electron chi connectivity index (χ1n) is 6.27. The smallest absolute Gasteiger partial charge is 0.203 e. The Labute approximate surface area is 118 Å².